The van der Waals surface area contributed by atoms with E-state index >= 15 is 0 Å². The molecule has 1 aliphatic heterocycles. The molecule has 160 valence electrons. The molecule has 1 saturated carbocycles. The number of aromatic nitrogens is 3. The van der Waals surface area contributed by atoms with Crippen molar-refractivity contribution in [2.45, 2.75) is 24.0 Å². The number of thioether (sulfide) groups is 1. The van der Waals surface area contributed by atoms with E-state index in [-0.39, 0.29) is 17.8 Å². The van der Waals surface area contributed by atoms with Crippen molar-refractivity contribution in [1.29, 1.82) is 0 Å². The Balaban J connectivity index is 1.23. The summed E-state index contributed by atoms with van der Waals surface area (Å²) in [5, 5.41) is 9.25. The van der Waals surface area contributed by atoms with Crippen LogP contribution in [0.3, 0.4) is 0 Å². The normalized spacial score (nSPS) is 16.5. The Labute approximate surface area is 185 Å². The lowest BCUT2D eigenvalue weighted by Crippen LogP contribution is -2.49. The van der Waals surface area contributed by atoms with Gasteiger partial charge in [-0.1, -0.05) is 42.1 Å². The number of para-hydroxylation sites is 1. The zero-order chi connectivity index (χ0) is 21.2. The average molecular weight is 438 g/mol. The van der Waals surface area contributed by atoms with Crippen LogP contribution in [0.5, 0.6) is 0 Å². The SMILES string of the molecule is O=C(CSc1nnc(-c2ccccc2F)n1C1CC1)N1CCN(c2ccccc2)CC1. The number of carbonyl (C=O) groups excluding carboxylic acids is 1. The third-order valence-electron chi connectivity index (χ3n) is 5.77. The molecule has 0 spiro atoms. The molecule has 0 radical (unpaired) electrons. The van der Waals surface area contributed by atoms with Crippen LogP contribution < -0.4 is 4.90 Å². The van der Waals surface area contributed by atoms with Gasteiger partial charge in [-0.2, -0.15) is 0 Å². The van der Waals surface area contributed by atoms with Crippen molar-refractivity contribution < 1.29 is 9.18 Å². The van der Waals surface area contributed by atoms with Gasteiger partial charge >= 0.3 is 0 Å². The van der Waals surface area contributed by atoms with Gasteiger partial charge < -0.3 is 9.80 Å². The lowest BCUT2D eigenvalue weighted by molar-refractivity contribution is -0.128. The maximum Gasteiger partial charge on any atom is 0.233 e. The predicted octanol–water partition coefficient (Wildman–Crippen LogP) is 3.86. The Hall–Kier alpha value is -2.87. The molecule has 31 heavy (non-hydrogen) atoms. The van der Waals surface area contributed by atoms with Gasteiger partial charge in [0.2, 0.25) is 5.91 Å². The summed E-state index contributed by atoms with van der Waals surface area (Å²) in [6, 6.07) is 17.2. The van der Waals surface area contributed by atoms with Crippen LogP contribution in [0, 0.1) is 5.82 Å². The summed E-state index contributed by atoms with van der Waals surface area (Å²) >= 11 is 1.40. The van der Waals surface area contributed by atoms with Gasteiger partial charge in [0.15, 0.2) is 11.0 Å². The largest absolute Gasteiger partial charge is 0.368 e. The molecule has 0 bridgehead atoms. The topological polar surface area (TPSA) is 54.3 Å². The molecule has 1 aliphatic carbocycles. The fourth-order valence-corrected chi connectivity index (χ4v) is 4.84. The zero-order valence-corrected chi connectivity index (χ0v) is 18.0. The molecule has 2 heterocycles. The number of halogens is 1. The molecule has 8 heteroatoms. The zero-order valence-electron chi connectivity index (χ0n) is 17.2. The Kier molecular flexibility index (Phi) is 5.63. The van der Waals surface area contributed by atoms with E-state index in [1.165, 1.54) is 23.5 Å². The lowest BCUT2D eigenvalue weighted by atomic mass is 10.2. The number of rotatable bonds is 6. The third-order valence-corrected chi connectivity index (χ3v) is 6.70. The summed E-state index contributed by atoms with van der Waals surface area (Å²) in [6.45, 7) is 3.08. The van der Waals surface area contributed by atoms with Crippen LogP contribution in [0.2, 0.25) is 0 Å². The molecular formula is C23H24FN5OS. The van der Waals surface area contributed by atoms with Gasteiger partial charge in [0, 0.05) is 37.9 Å². The highest BCUT2D eigenvalue weighted by atomic mass is 32.2. The molecule has 5 rings (SSSR count). The van der Waals surface area contributed by atoms with Crippen LogP contribution in [0.15, 0.2) is 59.8 Å². The Morgan fingerprint density at radius 3 is 2.39 bits per heavy atom. The van der Waals surface area contributed by atoms with E-state index in [2.05, 4.69) is 27.2 Å². The van der Waals surface area contributed by atoms with E-state index in [1.807, 2.05) is 27.7 Å². The summed E-state index contributed by atoms with van der Waals surface area (Å²) in [4.78, 5) is 17.0. The summed E-state index contributed by atoms with van der Waals surface area (Å²) < 4.78 is 16.3. The molecule has 2 aliphatic rings. The molecule has 0 atom stereocenters. The lowest BCUT2D eigenvalue weighted by Gasteiger charge is -2.36. The number of anilines is 1. The highest BCUT2D eigenvalue weighted by molar-refractivity contribution is 7.99. The molecular weight excluding hydrogens is 413 g/mol. The van der Waals surface area contributed by atoms with E-state index < -0.39 is 0 Å². The first-order valence-corrected chi connectivity index (χ1v) is 11.6. The number of nitrogens with zero attached hydrogens (tertiary/aromatic N) is 5. The van der Waals surface area contributed by atoms with Crippen molar-refractivity contribution in [3.05, 3.63) is 60.4 Å². The summed E-state index contributed by atoms with van der Waals surface area (Å²) in [5.74, 6) is 0.663. The van der Waals surface area contributed by atoms with Crippen LogP contribution in [-0.4, -0.2) is 57.5 Å². The maximum absolute atomic E-state index is 14.3. The Morgan fingerprint density at radius 2 is 1.68 bits per heavy atom. The average Bonchev–Trinajstić information content (AvgIpc) is 3.57. The molecule has 0 N–H and O–H groups in total. The van der Waals surface area contributed by atoms with E-state index in [0.29, 0.717) is 35.4 Å². The highest BCUT2D eigenvalue weighted by Gasteiger charge is 2.31. The molecule has 1 saturated heterocycles. The second-order valence-corrected chi connectivity index (χ2v) is 8.82. The molecule has 3 aromatic rings. The van der Waals surface area contributed by atoms with Gasteiger partial charge in [0.1, 0.15) is 5.82 Å². The molecule has 1 amide bonds. The first-order valence-electron chi connectivity index (χ1n) is 10.6. The molecule has 6 nitrogen and oxygen atoms in total. The Bertz CT molecular complexity index is 1060. The second kappa shape index (κ2) is 8.70. The monoisotopic (exact) mass is 437 g/mol. The van der Waals surface area contributed by atoms with Crippen LogP contribution >= 0.6 is 11.8 Å². The van der Waals surface area contributed by atoms with E-state index in [4.69, 9.17) is 0 Å². The molecule has 1 aromatic heterocycles. The summed E-state index contributed by atoms with van der Waals surface area (Å²) in [6.07, 6.45) is 2.06. The standard InChI is InChI=1S/C23H24FN5OS/c24-20-9-5-4-8-19(20)22-25-26-23(29(22)18-10-11-18)31-16-21(30)28-14-12-27(13-15-28)17-6-2-1-3-7-17/h1-9,18H,10-16H2. The van der Waals surface area contributed by atoms with Crippen LogP contribution in [-0.2, 0) is 4.79 Å². The van der Waals surface area contributed by atoms with Gasteiger partial charge in [-0.05, 0) is 37.1 Å². The smallest absolute Gasteiger partial charge is 0.233 e. The fourth-order valence-electron chi connectivity index (χ4n) is 3.93. The number of amides is 1. The molecule has 2 aromatic carbocycles. The number of carbonyl (C=O) groups is 1. The van der Waals surface area contributed by atoms with Gasteiger partial charge in [-0.3, -0.25) is 9.36 Å². The predicted molar refractivity (Wildman–Crippen MR) is 120 cm³/mol. The minimum atomic E-state index is -0.305. The van der Waals surface area contributed by atoms with E-state index in [9.17, 15) is 9.18 Å². The number of benzene rings is 2. The maximum atomic E-state index is 14.3. The van der Waals surface area contributed by atoms with Crippen molar-refractivity contribution in [3.8, 4) is 11.4 Å². The van der Waals surface area contributed by atoms with E-state index in [0.717, 1.165) is 25.9 Å². The number of piperazine rings is 1. The van der Waals surface area contributed by atoms with Crippen LogP contribution in [0.1, 0.15) is 18.9 Å². The molecule has 0 unspecified atom stereocenters. The van der Waals surface area contributed by atoms with Crippen molar-refractivity contribution in [3.63, 3.8) is 0 Å². The number of hydrogen-bond acceptors (Lipinski definition) is 5. The fraction of sp³-hybridized carbons (Fsp3) is 0.348. The quantitative estimate of drug-likeness (QED) is 0.548. The van der Waals surface area contributed by atoms with Crippen molar-refractivity contribution in [2.75, 3.05) is 36.8 Å². The molecule has 2 fully saturated rings. The van der Waals surface area contributed by atoms with Gasteiger partial charge in [-0.25, -0.2) is 4.39 Å². The minimum absolute atomic E-state index is 0.107. The van der Waals surface area contributed by atoms with Gasteiger partial charge in [-0.15, -0.1) is 10.2 Å². The second-order valence-electron chi connectivity index (χ2n) is 7.88. The number of hydrogen-bond donors (Lipinski definition) is 0. The van der Waals surface area contributed by atoms with Crippen LogP contribution in [0.25, 0.3) is 11.4 Å². The van der Waals surface area contributed by atoms with Crippen LogP contribution in [0.4, 0.5) is 10.1 Å². The third kappa shape index (κ3) is 4.30. The van der Waals surface area contributed by atoms with Crippen molar-refractivity contribution in [2.24, 2.45) is 0 Å². The van der Waals surface area contributed by atoms with Crippen molar-refractivity contribution >= 4 is 23.4 Å². The van der Waals surface area contributed by atoms with Gasteiger partial charge in [0.25, 0.3) is 0 Å². The summed E-state index contributed by atoms with van der Waals surface area (Å²) in [7, 11) is 0. The van der Waals surface area contributed by atoms with Gasteiger partial charge in [0.05, 0.1) is 11.3 Å². The first kappa shape index (κ1) is 20.1. The minimum Gasteiger partial charge on any atom is -0.368 e. The van der Waals surface area contributed by atoms with Crippen molar-refractivity contribution in [1.82, 2.24) is 19.7 Å². The summed E-state index contributed by atoms with van der Waals surface area (Å²) in [5.41, 5.74) is 1.65. The van der Waals surface area contributed by atoms with E-state index in [1.54, 1.807) is 18.2 Å². The Morgan fingerprint density at radius 1 is 0.968 bits per heavy atom. The first-order chi connectivity index (χ1) is 15.2. The highest BCUT2D eigenvalue weighted by Crippen LogP contribution is 2.41.